The zero-order chi connectivity index (χ0) is 10.1. The Morgan fingerprint density at radius 2 is 1.77 bits per heavy atom. The molecule has 2 atom stereocenters. The van der Waals surface area contributed by atoms with E-state index < -0.39 is 10.0 Å². The standard InChI is InChI=1S/C8H18N2O2S/c1-4-13(11,12)10-5-7(2)9-8(3)6-10/h7-9H,4-6H2,1-3H3/t7-,8+. The summed E-state index contributed by atoms with van der Waals surface area (Å²) in [5, 5.41) is 3.30. The molecule has 1 fully saturated rings. The Kier molecular flexibility index (Phi) is 3.32. The van der Waals surface area contributed by atoms with E-state index in [4.69, 9.17) is 0 Å². The van der Waals surface area contributed by atoms with Crippen molar-refractivity contribution in [2.75, 3.05) is 18.8 Å². The van der Waals surface area contributed by atoms with Gasteiger partial charge < -0.3 is 5.32 Å². The van der Waals surface area contributed by atoms with Gasteiger partial charge in [0.15, 0.2) is 0 Å². The van der Waals surface area contributed by atoms with Crippen LogP contribution in [0, 0.1) is 0 Å². The van der Waals surface area contributed by atoms with Gasteiger partial charge in [0.25, 0.3) is 0 Å². The van der Waals surface area contributed by atoms with Crippen molar-refractivity contribution in [2.45, 2.75) is 32.9 Å². The van der Waals surface area contributed by atoms with Gasteiger partial charge in [-0.05, 0) is 20.8 Å². The van der Waals surface area contributed by atoms with Gasteiger partial charge in [-0.3, -0.25) is 0 Å². The van der Waals surface area contributed by atoms with Crippen molar-refractivity contribution in [1.82, 2.24) is 9.62 Å². The lowest BCUT2D eigenvalue weighted by Crippen LogP contribution is -2.56. The number of hydrogen-bond donors (Lipinski definition) is 1. The van der Waals surface area contributed by atoms with Crippen LogP contribution in [0.5, 0.6) is 0 Å². The van der Waals surface area contributed by atoms with Gasteiger partial charge in [0.05, 0.1) is 5.75 Å². The molecular formula is C8H18N2O2S. The van der Waals surface area contributed by atoms with Gasteiger partial charge in [0, 0.05) is 25.2 Å². The highest BCUT2D eigenvalue weighted by molar-refractivity contribution is 7.89. The predicted octanol–water partition coefficient (Wildman–Crippen LogP) is 0.0183. The van der Waals surface area contributed by atoms with Crippen LogP contribution >= 0.6 is 0 Å². The molecule has 0 aromatic carbocycles. The van der Waals surface area contributed by atoms with Crippen LogP contribution in [0.2, 0.25) is 0 Å². The topological polar surface area (TPSA) is 49.4 Å². The third-order valence-electron chi connectivity index (χ3n) is 2.28. The first-order chi connectivity index (χ1) is 5.95. The van der Waals surface area contributed by atoms with Crippen molar-refractivity contribution in [3.05, 3.63) is 0 Å². The zero-order valence-corrected chi connectivity index (χ0v) is 9.26. The van der Waals surface area contributed by atoms with Gasteiger partial charge in [-0.15, -0.1) is 0 Å². The number of nitrogens with one attached hydrogen (secondary N) is 1. The summed E-state index contributed by atoms with van der Waals surface area (Å²) in [5.74, 6) is 0.201. The lowest BCUT2D eigenvalue weighted by Gasteiger charge is -2.34. The summed E-state index contributed by atoms with van der Waals surface area (Å²) >= 11 is 0. The third-order valence-corrected chi connectivity index (χ3v) is 4.10. The molecular weight excluding hydrogens is 188 g/mol. The van der Waals surface area contributed by atoms with Gasteiger partial charge in [0.2, 0.25) is 10.0 Å². The minimum absolute atomic E-state index is 0.201. The van der Waals surface area contributed by atoms with Crippen LogP contribution in [0.1, 0.15) is 20.8 Å². The van der Waals surface area contributed by atoms with E-state index in [2.05, 4.69) is 5.32 Å². The molecule has 0 bridgehead atoms. The van der Waals surface area contributed by atoms with Gasteiger partial charge in [-0.25, -0.2) is 8.42 Å². The van der Waals surface area contributed by atoms with E-state index in [1.165, 1.54) is 0 Å². The van der Waals surface area contributed by atoms with Crippen LogP contribution in [-0.4, -0.2) is 43.6 Å². The lowest BCUT2D eigenvalue weighted by atomic mass is 10.2. The maximum atomic E-state index is 11.5. The monoisotopic (exact) mass is 206 g/mol. The highest BCUT2D eigenvalue weighted by Crippen LogP contribution is 2.09. The maximum absolute atomic E-state index is 11.5. The minimum Gasteiger partial charge on any atom is -0.309 e. The number of sulfonamides is 1. The van der Waals surface area contributed by atoms with Gasteiger partial charge in [-0.1, -0.05) is 0 Å². The second-order valence-corrected chi connectivity index (χ2v) is 5.94. The lowest BCUT2D eigenvalue weighted by molar-refractivity contribution is 0.263. The molecule has 1 saturated heterocycles. The normalized spacial score (nSPS) is 31.9. The SMILES string of the molecule is CCS(=O)(=O)N1C[C@@H](C)N[C@@H](C)C1. The molecule has 0 saturated carbocycles. The van der Waals surface area contributed by atoms with E-state index in [1.807, 2.05) is 13.8 Å². The largest absolute Gasteiger partial charge is 0.309 e. The Morgan fingerprint density at radius 1 is 1.31 bits per heavy atom. The van der Waals surface area contributed by atoms with Crippen molar-refractivity contribution < 1.29 is 8.42 Å². The van der Waals surface area contributed by atoms with Crippen LogP contribution in [-0.2, 0) is 10.0 Å². The second kappa shape index (κ2) is 3.94. The van der Waals surface area contributed by atoms with Crippen molar-refractivity contribution >= 4 is 10.0 Å². The molecule has 1 aliphatic rings. The summed E-state index contributed by atoms with van der Waals surface area (Å²) in [7, 11) is -2.99. The van der Waals surface area contributed by atoms with Gasteiger partial charge in [-0.2, -0.15) is 4.31 Å². The Labute approximate surface area is 80.4 Å². The first-order valence-electron chi connectivity index (χ1n) is 4.69. The Hall–Kier alpha value is -0.130. The summed E-state index contributed by atoms with van der Waals surface area (Å²) in [6, 6.07) is 0.509. The van der Waals surface area contributed by atoms with Gasteiger partial charge in [0.1, 0.15) is 0 Å². The fraction of sp³-hybridized carbons (Fsp3) is 1.00. The van der Waals surface area contributed by atoms with E-state index in [9.17, 15) is 8.42 Å². The molecule has 5 heteroatoms. The number of hydrogen-bond acceptors (Lipinski definition) is 3. The van der Waals surface area contributed by atoms with E-state index >= 15 is 0 Å². The van der Waals surface area contributed by atoms with Crippen LogP contribution in [0.15, 0.2) is 0 Å². The van der Waals surface area contributed by atoms with E-state index in [-0.39, 0.29) is 17.8 Å². The molecule has 0 aliphatic carbocycles. The van der Waals surface area contributed by atoms with Crippen LogP contribution in [0.3, 0.4) is 0 Å². The molecule has 0 spiro atoms. The van der Waals surface area contributed by atoms with E-state index in [0.29, 0.717) is 13.1 Å². The highest BCUT2D eigenvalue weighted by atomic mass is 32.2. The van der Waals surface area contributed by atoms with Crippen molar-refractivity contribution in [3.63, 3.8) is 0 Å². The van der Waals surface area contributed by atoms with Gasteiger partial charge >= 0.3 is 0 Å². The molecule has 78 valence electrons. The second-order valence-electron chi connectivity index (χ2n) is 3.69. The molecule has 1 rings (SSSR count). The molecule has 1 N–H and O–H groups in total. The Bertz CT molecular complexity index is 253. The van der Waals surface area contributed by atoms with Crippen LogP contribution < -0.4 is 5.32 Å². The summed E-state index contributed by atoms with van der Waals surface area (Å²) in [6.07, 6.45) is 0. The zero-order valence-electron chi connectivity index (χ0n) is 8.45. The molecule has 1 heterocycles. The van der Waals surface area contributed by atoms with Crippen LogP contribution in [0.4, 0.5) is 0 Å². The molecule has 1 aliphatic heterocycles. The molecule has 0 unspecified atom stereocenters. The summed E-state index contributed by atoms with van der Waals surface area (Å²) in [5.41, 5.74) is 0. The average molecular weight is 206 g/mol. The van der Waals surface area contributed by atoms with E-state index in [1.54, 1.807) is 11.2 Å². The third kappa shape index (κ3) is 2.65. The quantitative estimate of drug-likeness (QED) is 0.693. The minimum atomic E-state index is -2.99. The smallest absolute Gasteiger partial charge is 0.213 e. The first-order valence-corrected chi connectivity index (χ1v) is 6.30. The van der Waals surface area contributed by atoms with Crippen molar-refractivity contribution in [1.29, 1.82) is 0 Å². The summed E-state index contributed by atoms with van der Waals surface area (Å²) in [4.78, 5) is 0. The Balaban J connectivity index is 2.71. The van der Waals surface area contributed by atoms with Crippen molar-refractivity contribution in [3.8, 4) is 0 Å². The fourth-order valence-electron chi connectivity index (χ4n) is 1.69. The summed E-state index contributed by atoms with van der Waals surface area (Å²) < 4.78 is 24.7. The fourth-order valence-corrected chi connectivity index (χ4v) is 2.95. The van der Waals surface area contributed by atoms with Crippen molar-refractivity contribution in [2.24, 2.45) is 0 Å². The molecule has 4 nitrogen and oxygen atoms in total. The van der Waals surface area contributed by atoms with Crippen LogP contribution in [0.25, 0.3) is 0 Å². The number of nitrogens with zero attached hydrogens (tertiary/aromatic N) is 1. The molecule has 0 radical (unpaired) electrons. The average Bonchev–Trinajstić information content (AvgIpc) is 2.02. The molecule has 0 aromatic rings. The molecule has 13 heavy (non-hydrogen) atoms. The number of piperazine rings is 1. The van der Waals surface area contributed by atoms with E-state index in [0.717, 1.165) is 0 Å². The number of rotatable bonds is 2. The first kappa shape index (κ1) is 10.9. The predicted molar refractivity (Wildman–Crippen MR) is 53.1 cm³/mol. The Morgan fingerprint density at radius 3 is 2.15 bits per heavy atom. The maximum Gasteiger partial charge on any atom is 0.213 e. The molecule has 0 aromatic heterocycles. The highest BCUT2D eigenvalue weighted by Gasteiger charge is 2.28. The summed E-state index contributed by atoms with van der Waals surface area (Å²) in [6.45, 7) is 6.90. The molecule has 0 amide bonds.